The molecular weight excluding hydrogens is 282 g/mol. The van der Waals surface area contributed by atoms with Crippen LogP contribution in [0, 0.1) is 0 Å². The summed E-state index contributed by atoms with van der Waals surface area (Å²) >= 11 is 1.45. The van der Waals surface area contributed by atoms with Crippen molar-refractivity contribution in [3.05, 3.63) is 78.0 Å². The van der Waals surface area contributed by atoms with Crippen molar-refractivity contribution in [3.63, 3.8) is 0 Å². The SMILES string of the molecule is NNC(=O)C1(c2ccccc2)NC=C(c2ccccc2)S1. The van der Waals surface area contributed by atoms with E-state index in [2.05, 4.69) is 10.7 Å². The van der Waals surface area contributed by atoms with Gasteiger partial charge in [0.25, 0.3) is 5.91 Å². The van der Waals surface area contributed by atoms with E-state index in [4.69, 9.17) is 5.84 Å². The Morgan fingerprint density at radius 2 is 1.67 bits per heavy atom. The summed E-state index contributed by atoms with van der Waals surface area (Å²) in [4.78, 5) is 12.4. The number of hydrogen-bond donors (Lipinski definition) is 3. The molecule has 4 N–H and O–H groups in total. The molecule has 1 aliphatic heterocycles. The maximum Gasteiger partial charge on any atom is 0.275 e. The maximum absolute atomic E-state index is 12.4. The average Bonchev–Trinajstić information content (AvgIpc) is 3.02. The van der Waals surface area contributed by atoms with Gasteiger partial charge in [0.1, 0.15) is 0 Å². The van der Waals surface area contributed by atoms with E-state index in [0.29, 0.717) is 0 Å². The monoisotopic (exact) mass is 297 g/mol. The van der Waals surface area contributed by atoms with Crippen LogP contribution in [-0.4, -0.2) is 5.91 Å². The summed E-state index contributed by atoms with van der Waals surface area (Å²) in [5.74, 6) is 5.11. The third-order valence-corrected chi connectivity index (χ3v) is 4.78. The fourth-order valence-electron chi connectivity index (χ4n) is 2.30. The van der Waals surface area contributed by atoms with Crippen molar-refractivity contribution in [3.8, 4) is 0 Å². The zero-order valence-corrected chi connectivity index (χ0v) is 12.1. The van der Waals surface area contributed by atoms with Gasteiger partial charge in [-0.1, -0.05) is 72.4 Å². The second-order valence-electron chi connectivity index (χ2n) is 4.64. The van der Waals surface area contributed by atoms with E-state index in [1.54, 1.807) is 0 Å². The number of thioether (sulfide) groups is 1. The average molecular weight is 297 g/mol. The second-order valence-corrected chi connectivity index (χ2v) is 5.90. The lowest BCUT2D eigenvalue weighted by Crippen LogP contribution is -2.50. The minimum absolute atomic E-state index is 0.277. The van der Waals surface area contributed by atoms with Gasteiger partial charge in [-0.3, -0.25) is 10.2 Å². The molecule has 0 radical (unpaired) electrons. The highest BCUT2D eigenvalue weighted by atomic mass is 32.2. The van der Waals surface area contributed by atoms with E-state index in [1.165, 1.54) is 11.8 Å². The molecule has 0 saturated carbocycles. The quantitative estimate of drug-likeness (QED) is 0.461. The van der Waals surface area contributed by atoms with E-state index in [9.17, 15) is 4.79 Å². The molecule has 1 aliphatic rings. The Morgan fingerprint density at radius 3 is 2.29 bits per heavy atom. The number of hydrogen-bond acceptors (Lipinski definition) is 4. The van der Waals surface area contributed by atoms with Gasteiger partial charge in [0.15, 0.2) is 4.87 Å². The number of rotatable bonds is 3. The van der Waals surface area contributed by atoms with Gasteiger partial charge in [-0.2, -0.15) is 0 Å². The van der Waals surface area contributed by atoms with E-state index in [-0.39, 0.29) is 5.91 Å². The lowest BCUT2D eigenvalue weighted by atomic mass is 10.1. The highest BCUT2D eigenvalue weighted by Crippen LogP contribution is 2.47. The minimum atomic E-state index is -0.929. The lowest BCUT2D eigenvalue weighted by Gasteiger charge is -2.27. The van der Waals surface area contributed by atoms with Gasteiger partial charge in [-0.25, -0.2) is 5.84 Å². The largest absolute Gasteiger partial charge is 0.364 e. The van der Waals surface area contributed by atoms with Crippen molar-refractivity contribution >= 4 is 22.6 Å². The van der Waals surface area contributed by atoms with Crippen LogP contribution in [0.4, 0.5) is 0 Å². The molecule has 0 bridgehead atoms. The predicted molar refractivity (Wildman–Crippen MR) is 85.6 cm³/mol. The Balaban J connectivity index is 1.97. The summed E-state index contributed by atoms with van der Waals surface area (Å²) in [6, 6.07) is 19.5. The van der Waals surface area contributed by atoms with E-state index >= 15 is 0 Å². The van der Waals surface area contributed by atoms with Crippen molar-refractivity contribution in [2.75, 3.05) is 0 Å². The number of hydrazine groups is 1. The van der Waals surface area contributed by atoms with Gasteiger partial charge in [-0.05, 0) is 11.1 Å². The molecule has 1 amide bonds. The van der Waals surface area contributed by atoms with Crippen LogP contribution >= 0.6 is 11.8 Å². The first-order valence-electron chi connectivity index (χ1n) is 6.55. The van der Waals surface area contributed by atoms with Gasteiger partial charge in [0.05, 0.1) is 0 Å². The molecule has 5 heteroatoms. The van der Waals surface area contributed by atoms with Crippen molar-refractivity contribution in [1.29, 1.82) is 0 Å². The smallest absolute Gasteiger partial charge is 0.275 e. The third kappa shape index (κ3) is 2.41. The molecule has 0 aliphatic carbocycles. The summed E-state index contributed by atoms with van der Waals surface area (Å²) in [5, 5.41) is 3.19. The van der Waals surface area contributed by atoms with Crippen LogP contribution in [0.15, 0.2) is 66.9 Å². The molecule has 2 aromatic rings. The minimum Gasteiger partial charge on any atom is -0.364 e. The van der Waals surface area contributed by atoms with Crippen LogP contribution in [-0.2, 0) is 9.67 Å². The standard InChI is InChI=1S/C16H15N3OS/c17-19-15(20)16(13-9-5-2-6-10-13)18-11-14(21-16)12-7-3-1-4-8-12/h1-11,18H,17H2,(H,19,20). The normalized spacial score (nSPS) is 20.5. The van der Waals surface area contributed by atoms with Crippen LogP contribution in [0.3, 0.4) is 0 Å². The van der Waals surface area contributed by atoms with Gasteiger partial charge in [0.2, 0.25) is 0 Å². The van der Waals surface area contributed by atoms with Gasteiger partial charge < -0.3 is 5.32 Å². The molecule has 4 nitrogen and oxygen atoms in total. The molecule has 0 fully saturated rings. The third-order valence-electron chi connectivity index (χ3n) is 3.36. The number of carbonyl (C=O) groups excluding carboxylic acids is 1. The topological polar surface area (TPSA) is 67.1 Å². The van der Waals surface area contributed by atoms with Crippen LogP contribution in [0.25, 0.3) is 4.91 Å². The Kier molecular flexibility index (Phi) is 3.68. The second kappa shape index (κ2) is 5.63. The van der Waals surface area contributed by atoms with Crippen molar-refractivity contribution in [2.24, 2.45) is 5.84 Å². The first kappa shape index (κ1) is 13.7. The van der Waals surface area contributed by atoms with Crippen LogP contribution in [0.1, 0.15) is 11.1 Å². The van der Waals surface area contributed by atoms with Crippen molar-refractivity contribution in [1.82, 2.24) is 10.7 Å². The number of nitrogens with one attached hydrogen (secondary N) is 2. The summed E-state index contributed by atoms with van der Waals surface area (Å²) in [5.41, 5.74) is 4.19. The molecule has 0 aromatic heterocycles. The summed E-state index contributed by atoms with van der Waals surface area (Å²) in [7, 11) is 0. The number of benzene rings is 2. The fourth-order valence-corrected chi connectivity index (χ4v) is 3.52. The van der Waals surface area contributed by atoms with Crippen LogP contribution < -0.4 is 16.6 Å². The Hall–Kier alpha value is -2.24. The molecule has 106 valence electrons. The molecule has 2 aromatic carbocycles. The molecule has 0 saturated heterocycles. The number of amides is 1. The first-order chi connectivity index (χ1) is 10.3. The summed E-state index contributed by atoms with van der Waals surface area (Å²) in [6.07, 6.45) is 1.86. The highest BCUT2D eigenvalue weighted by molar-refractivity contribution is 8.10. The highest BCUT2D eigenvalue weighted by Gasteiger charge is 2.44. The Morgan fingerprint density at radius 1 is 1.05 bits per heavy atom. The van der Waals surface area contributed by atoms with Crippen molar-refractivity contribution in [2.45, 2.75) is 4.87 Å². The van der Waals surface area contributed by atoms with E-state index < -0.39 is 4.87 Å². The predicted octanol–water partition coefficient (Wildman–Crippen LogP) is 2.16. The number of carbonyl (C=O) groups is 1. The molecule has 0 spiro atoms. The lowest BCUT2D eigenvalue weighted by molar-refractivity contribution is -0.124. The first-order valence-corrected chi connectivity index (χ1v) is 7.37. The maximum atomic E-state index is 12.4. The number of nitrogens with two attached hydrogens (primary N) is 1. The summed E-state index contributed by atoms with van der Waals surface area (Å²) < 4.78 is 0. The molecule has 1 heterocycles. The fraction of sp³-hybridized carbons (Fsp3) is 0.0625. The Labute approximate surface area is 127 Å². The molecular formula is C16H15N3OS. The van der Waals surface area contributed by atoms with Gasteiger partial charge >= 0.3 is 0 Å². The van der Waals surface area contributed by atoms with Crippen molar-refractivity contribution < 1.29 is 4.79 Å². The molecule has 1 atom stereocenters. The zero-order chi connectivity index (χ0) is 14.7. The van der Waals surface area contributed by atoms with Gasteiger partial charge in [0, 0.05) is 11.1 Å². The molecule has 1 unspecified atom stereocenters. The van der Waals surface area contributed by atoms with Crippen LogP contribution in [0.2, 0.25) is 0 Å². The molecule has 3 rings (SSSR count). The van der Waals surface area contributed by atoms with Crippen LogP contribution in [0.5, 0.6) is 0 Å². The van der Waals surface area contributed by atoms with Gasteiger partial charge in [-0.15, -0.1) is 0 Å². The Bertz CT molecular complexity index is 672. The van der Waals surface area contributed by atoms with E-state index in [0.717, 1.165) is 16.0 Å². The zero-order valence-electron chi connectivity index (χ0n) is 11.2. The van der Waals surface area contributed by atoms with E-state index in [1.807, 2.05) is 66.9 Å². The molecule has 21 heavy (non-hydrogen) atoms. The summed E-state index contributed by atoms with van der Waals surface area (Å²) in [6.45, 7) is 0.